The molecule has 0 atom stereocenters. The Kier molecular flexibility index (Phi) is 5.49. The predicted molar refractivity (Wildman–Crippen MR) is 87.6 cm³/mol. The van der Waals surface area contributed by atoms with Gasteiger partial charge in [-0.25, -0.2) is 0 Å². The highest BCUT2D eigenvalue weighted by Gasteiger charge is 2.06. The number of pyridine rings is 1. The molecule has 2 N–H and O–H groups in total. The van der Waals surface area contributed by atoms with Gasteiger partial charge in [-0.1, -0.05) is 6.07 Å². The monoisotopic (exact) mass is 299 g/mol. The minimum atomic E-state index is -0.159. The summed E-state index contributed by atoms with van der Waals surface area (Å²) in [5.74, 6) is -0.159. The molecule has 0 radical (unpaired) electrons. The van der Waals surface area contributed by atoms with Gasteiger partial charge in [0.1, 0.15) is 0 Å². The van der Waals surface area contributed by atoms with Gasteiger partial charge in [-0.2, -0.15) is 0 Å². The summed E-state index contributed by atoms with van der Waals surface area (Å²) in [5, 5.41) is 6.06. The average Bonchev–Trinajstić information content (AvgIpc) is 2.46. The molecule has 0 aliphatic carbocycles. The molecule has 22 heavy (non-hydrogen) atoms. The summed E-state index contributed by atoms with van der Waals surface area (Å²) in [5.41, 5.74) is 4.65. The Morgan fingerprint density at radius 2 is 1.82 bits per heavy atom. The number of nitrogens with one attached hydrogen (secondary N) is 2. The van der Waals surface area contributed by atoms with Crippen molar-refractivity contribution in [3.8, 4) is 0 Å². The lowest BCUT2D eigenvalue weighted by atomic mass is 10.1. The molecule has 0 unspecified atom stereocenters. The smallest absolute Gasteiger partial charge is 0.253 e. The van der Waals surface area contributed by atoms with Crippen molar-refractivity contribution in [2.45, 2.75) is 13.8 Å². The molecule has 0 saturated heterocycles. The molecule has 1 heterocycles. The average molecular weight is 299 g/mol. The van der Waals surface area contributed by atoms with Gasteiger partial charge in [-0.3, -0.25) is 9.78 Å². The molecule has 5 heteroatoms. The molecule has 0 spiro atoms. The Morgan fingerprint density at radius 3 is 2.50 bits per heavy atom. The first kappa shape index (κ1) is 16.0. The van der Waals surface area contributed by atoms with E-state index in [-0.39, 0.29) is 5.91 Å². The van der Waals surface area contributed by atoms with Gasteiger partial charge >= 0.3 is 0 Å². The number of anilines is 2. The molecule has 2 rings (SSSR count). The Morgan fingerprint density at radius 1 is 1.09 bits per heavy atom. The van der Waals surface area contributed by atoms with E-state index in [4.69, 9.17) is 4.74 Å². The second-order valence-electron chi connectivity index (χ2n) is 5.21. The van der Waals surface area contributed by atoms with Crippen LogP contribution in [0.3, 0.4) is 0 Å². The molecule has 1 amide bonds. The summed E-state index contributed by atoms with van der Waals surface area (Å²) in [6, 6.07) is 8.01. The standard InChI is InChI=1S/C17H21N3O2/c1-12-6-13(2)8-15(7-12)20-16-9-14(10-18-11-16)17(21)19-4-5-22-3/h6-11,20H,4-5H2,1-3H3,(H,19,21). The fraction of sp³-hybridized carbons (Fsp3) is 0.294. The highest BCUT2D eigenvalue weighted by molar-refractivity contribution is 5.94. The van der Waals surface area contributed by atoms with Gasteiger partial charge in [0.05, 0.1) is 24.1 Å². The molecule has 0 saturated carbocycles. The molecule has 0 aliphatic rings. The Labute approximate surface area is 130 Å². The number of carbonyl (C=O) groups excluding carboxylic acids is 1. The molecule has 2 aromatic rings. The first-order chi connectivity index (χ1) is 10.6. The fourth-order valence-corrected chi connectivity index (χ4v) is 2.21. The van der Waals surface area contributed by atoms with Crippen molar-refractivity contribution in [2.75, 3.05) is 25.6 Å². The van der Waals surface area contributed by atoms with Gasteiger partial charge in [0.15, 0.2) is 0 Å². The number of ether oxygens (including phenoxy) is 1. The quantitative estimate of drug-likeness (QED) is 0.805. The van der Waals surface area contributed by atoms with Crippen molar-refractivity contribution < 1.29 is 9.53 Å². The third kappa shape index (κ3) is 4.56. The van der Waals surface area contributed by atoms with Gasteiger partial charge in [-0.15, -0.1) is 0 Å². The molecule has 116 valence electrons. The van der Waals surface area contributed by atoms with Crippen LogP contribution in [0.1, 0.15) is 21.5 Å². The Hall–Kier alpha value is -2.40. The zero-order chi connectivity index (χ0) is 15.9. The van der Waals surface area contributed by atoms with E-state index < -0.39 is 0 Å². The molecular formula is C17H21N3O2. The maximum atomic E-state index is 12.0. The van der Waals surface area contributed by atoms with Gasteiger partial charge in [0.2, 0.25) is 0 Å². The molecule has 1 aromatic heterocycles. The normalized spacial score (nSPS) is 10.3. The van der Waals surface area contributed by atoms with Crippen molar-refractivity contribution in [1.82, 2.24) is 10.3 Å². The van der Waals surface area contributed by atoms with Crippen molar-refractivity contribution in [1.29, 1.82) is 0 Å². The van der Waals surface area contributed by atoms with Crippen LogP contribution >= 0.6 is 0 Å². The van der Waals surface area contributed by atoms with Crippen LogP contribution in [0.15, 0.2) is 36.7 Å². The minimum absolute atomic E-state index is 0.159. The molecule has 0 bridgehead atoms. The molecule has 0 aliphatic heterocycles. The van der Waals surface area contributed by atoms with E-state index in [9.17, 15) is 4.79 Å². The van der Waals surface area contributed by atoms with Gasteiger partial charge in [-0.05, 0) is 43.2 Å². The SMILES string of the molecule is COCCNC(=O)c1cncc(Nc2cc(C)cc(C)c2)c1. The van der Waals surface area contributed by atoms with Crippen LogP contribution in [-0.2, 0) is 4.74 Å². The number of aryl methyl sites for hydroxylation is 2. The number of amides is 1. The van der Waals surface area contributed by atoms with Crippen LogP contribution in [-0.4, -0.2) is 31.2 Å². The van der Waals surface area contributed by atoms with Crippen LogP contribution in [0.25, 0.3) is 0 Å². The molecule has 5 nitrogen and oxygen atoms in total. The van der Waals surface area contributed by atoms with Crippen LogP contribution in [0.5, 0.6) is 0 Å². The van der Waals surface area contributed by atoms with E-state index in [0.29, 0.717) is 18.7 Å². The first-order valence-electron chi connectivity index (χ1n) is 7.16. The molecule has 0 fully saturated rings. The van der Waals surface area contributed by atoms with Crippen molar-refractivity contribution in [3.63, 3.8) is 0 Å². The largest absolute Gasteiger partial charge is 0.383 e. The van der Waals surface area contributed by atoms with Crippen LogP contribution in [0, 0.1) is 13.8 Å². The number of benzene rings is 1. The topological polar surface area (TPSA) is 63.2 Å². The van der Waals surface area contributed by atoms with Crippen LogP contribution in [0.2, 0.25) is 0 Å². The van der Waals surface area contributed by atoms with E-state index >= 15 is 0 Å². The summed E-state index contributed by atoms with van der Waals surface area (Å²) in [6.07, 6.45) is 3.25. The summed E-state index contributed by atoms with van der Waals surface area (Å²) in [7, 11) is 1.60. The van der Waals surface area contributed by atoms with Gasteiger partial charge in [0, 0.05) is 25.5 Å². The number of methoxy groups -OCH3 is 1. The van der Waals surface area contributed by atoms with Crippen molar-refractivity contribution >= 4 is 17.3 Å². The summed E-state index contributed by atoms with van der Waals surface area (Å²) in [6.45, 7) is 5.07. The third-order valence-corrected chi connectivity index (χ3v) is 3.10. The number of carbonyl (C=O) groups is 1. The summed E-state index contributed by atoms with van der Waals surface area (Å²) >= 11 is 0. The highest BCUT2D eigenvalue weighted by Crippen LogP contribution is 2.19. The number of nitrogens with zero attached hydrogens (tertiary/aromatic N) is 1. The number of hydrogen-bond donors (Lipinski definition) is 2. The Balaban J connectivity index is 2.09. The lowest BCUT2D eigenvalue weighted by Crippen LogP contribution is -2.27. The molecule has 1 aromatic carbocycles. The van der Waals surface area contributed by atoms with Crippen molar-refractivity contribution in [2.24, 2.45) is 0 Å². The van der Waals surface area contributed by atoms with Crippen LogP contribution in [0.4, 0.5) is 11.4 Å². The second-order valence-corrected chi connectivity index (χ2v) is 5.21. The zero-order valence-corrected chi connectivity index (χ0v) is 13.1. The van der Waals surface area contributed by atoms with Crippen LogP contribution < -0.4 is 10.6 Å². The van der Waals surface area contributed by atoms with Gasteiger partial charge < -0.3 is 15.4 Å². The number of aromatic nitrogens is 1. The van der Waals surface area contributed by atoms with E-state index in [1.54, 1.807) is 25.6 Å². The zero-order valence-electron chi connectivity index (χ0n) is 13.1. The summed E-state index contributed by atoms with van der Waals surface area (Å²) < 4.78 is 4.91. The summed E-state index contributed by atoms with van der Waals surface area (Å²) in [4.78, 5) is 16.1. The van der Waals surface area contributed by atoms with Crippen molar-refractivity contribution in [3.05, 3.63) is 53.3 Å². The van der Waals surface area contributed by atoms with E-state index in [0.717, 1.165) is 11.4 Å². The van der Waals surface area contributed by atoms with E-state index in [2.05, 4.69) is 47.7 Å². The number of hydrogen-bond acceptors (Lipinski definition) is 4. The number of rotatable bonds is 6. The van der Waals surface area contributed by atoms with Gasteiger partial charge in [0.25, 0.3) is 5.91 Å². The predicted octanol–water partition coefficient (Wildman–Crippen LogP) is 2.82. The highest BCUT2D eigenvalue weighted by atomic mass is 16.5. The Bertz CT molecular complexity index is 636. The second kappa shape index (κ2) is 7.56. The minimum Gasteiger partial charge on any atom is -0.383 e. The maximum absolute atomic E-state index is 12.0. The lowest BCUT2D eigenvalue weighted by molar-refractivity contribution is 0.0937. The van der Waals surface area contributed by atoms with E-state index in [1.807, 2.05) is 0 Å². The fourth-order valence-electron chi connectivity index (χ4n) is 2.21. The third-order valence-electron chi connectivity index (χ3n) is 3.10. The van der Waals surface area contributed by atoms with E-state index in [1.165, 1.54) is 11.1 Å². The maximum Gasteiger partial charge on any atom is 0.253 e. The lowest BCUT2D eigenvalue weighted by Gasteiger charge is -2.10. The molecular weight excluding hydrogens is 278 g/mol. The first-order valence-corrected chi connectivity index (χ1v) is 7.16.